The molecular formula is C10H14N2O4S. The van der Waals surface area contributed by atoms with Crippen molar-refractivity contribution in [3.05, 3.63) is 11.7 Å². The molecule has 0 aliphatic carbocycles. The first-order valence-electron chi connectivity index (χ1n) is 4.90. The highest BCUT2D eigenvalue weighted by atomic mass is 32.1. The summed E-state index contributed by atoms with van der Waals surface area (Å²) in [6.07, 6.45) is 0.738. The molecule has 1 heterocycles. The second-order valence-corrected chi connectivity index (χ2v) is 5.16. The van der Waals surface area contributed by atoms with Gasteiger partial charge in [0.15, 0.2) is 0 Å². The Kier molecular flexibility index (Phi) is 4.06. The standard InChI is InChI=1S/C10H14N2O4S/c1-10(2,3)16-9(15)12(5-8(13)14)7-4-11-6-17-7/h4,6H,5H2,1-3H3,(H,13,14). The number of hydrogen-bond acceptors (Lipinski definition) is 5. The molecule has 1 aromatic rings. The summed E-state index contributed by atoms with van der Waals surface area (Å²) >= 11 is 1.18. The SMILES string of the molecule is CC(C)(C)OC(=O)N(CC(=O)O)c1cncs1. The van der Waals surface area contributed by atoms with Crippen LogP contribution >= 0.6 is 11.3 Å². The van der Waals surface area contributed by atoms with Crippen molar-refractivity contribution in [1.82, 2.24) is 4.98 Å². The molecule has 17 heavy (non-hydrogen) atoms. The van der Waals surface area contributed by atoms with Crippen LogP contribution in [0.5, 0.6) is 0 Å². The average molecular weight is 258 g/mol. The number of carbonyl (C=O) groups is 2. The van der Waals surface area contributed by atoms with Gasteiger partial charge < -0.3 is 9.84 Å². The molecule has 0 radical (unpaired) electrons. The van der Waals surface area contributed by atoms with E-state index in [0.717, 1.165) is 4.90 Å². The Hall–Kier alpha value is -1.63. The largest absolute Gasteiger partial charge is 0.480 e. The maximum Gasteiger partial charge on any atom is 0.416 e. The number of carbonyl (C=O) groups excluding carboxylic acids is 1. The van der Waals surface area contributed by atoms with E-state index in [1.165, 1.54) is 23.0 Å². The molecule has 0 saturated heterocycles. The molecule has 0 aromatic carbocycles. The van der Waals surface area contributed by atoms with Crippen LogP contribution in [0.3, 0.4) is 0 Å². The van der Waals surface area contributed by atoms with Crippen molar-refractivity contribution in [1.29, 1.82) is 0 Å². The van der Waals surface area contributed by atoms with Crippen LogP contribution in [0, 0.1) is 0 Å². The summed E-state index contributed by atoms with van der Waals surface area (Å²) in [6, 6.07) is 0. The Balaban J connectivity index is 2.84. The maximum absolute atomic E-state index is 11.8. The van der Waals surface area contributed by atoms with Gasteiger partial charge in [-0.15, -0.1) is 11.3 Å². The number of aromatic nitrogens is 1. The van der Waals surface area contributed by atoms with Gasteiger partial charge in [-0.2, -0.15) is 0 Å². The number of rotatable bonds is 3. The number of nitrogens with zero attached hydrogens (tertiary/aromatic N) is 2. The molecule has 1 rings (SSSR count). The molecule has 0 aliphatic heterocycles. The topological polar surface area (TPSA) is 79.7 Å². The quantitative estimate of drug-likeness (QED) is 0.896. The minimum absolute atomic E-state index is 0.446. The smallest absolute Gasteiger partial charge is 0.416 e. The van der Waals surface area contributed by atoms with Gasteiger partial charge in [0, 0.05) is 0 Å². The number of carboxylic acids is 1. The third kappa shape index (κ3) is 4.39. The van der Waals surface area contributed by atoms with Crippen molar-refractivity contribution in [2.45, 2.75) is 26.4 Å². The summed E-state index contributed by atoms with van der Waals surface area (Å²) in [4.78, 5) is 27.4. The first-order chi connectivity index (χ1) is 7.79. The van der Waals surface area contributed by atoms with Crippen LogP contribution in [-0.4, -0.2) is 34.3 Å². The molecule has 0 fully saturated rings. The molecule has 0 atom stereocenters. The number of ether oxygens (including phenoxy) is 1. The van der Waals surface area contributed by atoms with Crippen LogP contribution in [0.2, 0.25) is 0 Å². The fourth-order valence-corrected chi connectivity index (χ4v) is 1.64. The monoisotopic (exact) mass is 258 g/mol. The van der Waals surface area contributed by atoms with Crippen molar-refractivity contribution in [3.63, 3.8) is 0 Å². The van der Waals surface area contributed by atoms with E-state index >= 15 is 0 Å². The summed E-state index contributed by atoms with van der Waals surface area (Å²) in [5, 5.41) is 9.21. The number of carboxylic acid groups (broad SMARTS) is 1. The summed E-state index contributed by atoms with van der Waals surface area (Å²) < 4.78 is 5.13. The first-order valence-corrected chi connectivity index (χ1v) is 5.78. The van der Waals surface area contributed by atoms with Gasteiger partial charge in [-0.3, -0.25) is 14.7 Å². The molecule has 6 nitrogen and oxygen atoms in total. The molecule has 1 amide bonds. The van der Waals surface area contributed by atoms with Gasteiger partial charge in [0.1, 0.15) is 17.1 Å². The maximum atomic E-state index is 11.8. The van der Waals surface area contributed by atoms with Gasteiger partial charge in [0.05, 0.1) is 11.7 Å². The van der Waals surface area contributed by atoms with Gasteiger partial charge in [0.25, 0.3) is 0 Å². The van der Waals surface area contributed by atoms with Crippen LogP contribution in [0.4, 0.5) is 9.80 Å². The molecule has 1 N–H and O–H groups in total. The zero-order valence-corrected chi connectivity index (χ0v) is 10.7. The summed E-state index contributed by atoms with van der Waals surface area (Å²) in [5.74, 6) is -1.11. The molecule has 1 aromatic heterocycles. The number of hydrogen-bond donors (Lipinski definition) is 1. The highest BCUT2D eigenvalue weighted by molar-refractivity contribution is 7.14. The Morgan fingerprint density at radius 2 is 2.18 bits per heavy atom. The van der Waals surface area contributed by atoms with Gasteiger partial charge in [-0.1, -0.05) is 0 Å². The van der Waals surface area contributed by atoms with E-state index in [1.54, 1.807) is 20.8 Å². The van der Waals surface area contributed by atoms with E-state index in [9.17, 15) is 9.59 Å². The lowest BCUT2D eigenvalue weighted by Crippen LogP contribution is -2.39. The van der Waals surface area contributed by atoms with E-state index in [-0.39, 0.29) is 0 Å². The zero-order chi connectivity index (χ0) is 13.1. The van der Waals surface area contributed by atoms with E-state index in [1.807, 2.05) is 0 Å². The number of aliphatic carboxylic acids is 1. The van der Waals surface area contributed by atoms with Gasteiger partial charge in [0.2, 0.25) is 0 Å². The second kappa shape index (κ2) is 5.13. The molecule has 0 saturated carbocycles. The molecular weight excluding hydrogens is 244 g/mol. The molecule has 0 spiro atoms. The highest BCUT2D eigenvalue weighted by Gasteiger charge is 2.25. The van der Waals surface area contributed by atoms with Gasteiger partial charge in [-0.25, -0.2) is 4.79 Å². The average Bonchev–Trinajstić information content (AvgIpc) is 2.63. The van der Waals surface area contributed by atoms with Crippen molar-refractivity contribution in [2.24, 2.45) is 0 Å². The summed E-state index contributed by atoms with van der Waals surface area (Å²) in [5.41, 5.74) is 0.854. The Morgan fingerprint density at radius 3 is 2.59 bits per heavy atom. The zero-order valence-electron chi connectivity index (χ0n) is 9.84. The van der Waals surface area contributed by atoms with E-state index in [4.69, 9.17) is 9.84 Å². The lowest BCUT2D eigenvalue weighted by Gasteiger charge is -2.25. The van der Waals surface area contributed by atoms with Crippen LogP contribution in [0.1, 0.15) is 20.8 Å². The lowest BCUT2D eigenvalue weighted by atomic mass is 10.2. The van der Waals surface area contributed by atoms with Crippen molar-refractivity contribution in [2.75, 3.05) is 11.4 Å². The van der Waals surface area contributed by atoms with E-state index in [2.05, 4.69) is 4.98 Å². The van der Waals surface area contributed by atoms with Gasteiger partial charge in [-0.05, 0) is 20.8 Å². The normalized spacial score (nSPS) is 11.0. The fraction of sp³-hybridized carbons (Fsp3) is 0.500. The third-order valence-electron chi connectivity index (χ3n) is 1.59. The predicted molar refractivity (Wildman–Crippen MR) is 63.3 cm³/mol. The number of amides is 1. The molecule has 0 aliphatic rings. The van der Waals surface area contributed by atoms with Crippen LogP contribution in [0.15, 0.2) is 11.7 Å². The molecule has 7 heteroatoms. The van der Waals surface area contributed by atoms with Crippen molar-refractivity contribution < 1.29 is 19.4 Å². The number of thiazole rings is 1. The third-order valence-corrected chi connectivity index (χ3v) is 2.39. The van der Waals surface area contributed by atoms with Crippen LogP contribution in [-0.2, 0) is 9.53 Å². The highest BCUT2D eigenvalue weighted by Crippen LogP contribution is 2.21. The molecule has 0 bridgehead atoms. The first kappa shape index (κ1) is 13.4. The second-order valence-electron chi connectivity index (χ2n) is 4.30. The minimum atomic E-state index is -1.11. The summed E-state index contributed by atoms with van der Waals surface area (Å²) in [6.45, 7) is 4.71. The lowest BCUT2D eigenvalue weighted by molar-refractivity contribution is -0.135. The van der Waals surface area contributed by atoms with E-state index < -0.39 is 24.2 Å². The van der Waals surface area contributed by atoms with Crippen molar-refractivity contribution >= 4 is 28.4 Å². The van der Waals surface area contributed by atoms with E-state index in [0.29, 0.717) is 5.00 Å². The van der Waals surface area contributed by atoms with Crippen LogP contribution < -0.4 is 4.90 Å². The van der Waals surface area contributed by atoms with Crippen LogP contribution in [0.25, 0.3) is 0 Å². The molecule has 94 valence electrons. The predicted octanol–water partition coefficient (Wildman–Crippen LogP) is 1.97. The fourth-order valence-electron chi connectivity index (χ4n) is 1.03. The minimum Gasteiger partial charge on any atom is -0.480 e. The Morgan fingerprint density at radius 1 is 1.53 bits per heavy atom. The Bertz CT molecular complexity index is 397. The number of anilines is 1. The Labute approximate surface area is 103 Å². The van der Waals surface area contributed by atoms with Crippen molar-refractivity contribution in [3.8, 4) is 0 Å². The summed E-state index contributed by atoms with van der Waals surface area (Å²) in [7, 11) is 0. The molecule has 0 unspecified atom stereocenters. The van der Waals surface area contributed by atoms with Gasteiger partial charge >= 0.3 is 12.1 Å².